The fourth-order valence-corrected chi connectivity index (χ4v) is 10.3. The van der Waals surface area contributed by atoms with E-state index < -0.39 is 30.3 Å². The number of hydrogen-bond acceptors (Lipinski definition) is 0. The van der Waals surface area contributed by atoms with Crippen molar-refractivity contribution in [1.29, 1.82) is 0 Å². The summed E-state index contributed by atoms with van der Waals surface area (Å²) >= 11 is 11.0. The number of benzene rings is 4. The molecule has 4 heteroatoms. The van der Waals surface area contributed by atoms with Crippen LogP contribution in [0.15, 0.2) is 95.7 Å². The normalized spacial score (nSPS) is 14.9. The van der Waals surface area contributed by atoms with Gasteiger partial charge in [0, 0.05) is 0 Å². The third-order valence-electron chi connectivity index (χ3n) is 8.78. The predicted octanol–water partition coefficient (Wildman–Crippen LogP) is 12.9. The molecule has 0 N–H and O–H groups in total. The van der Waals surface area contributed by atoms with Crippen molar-refractivity contribution < 1.29 is 22.3 Å². The fraction of sp³-hybridized carbons (Fsp3) is 0.333. The Morgan fingerprint density at radius 3 is 1.69 bits per heavy atom. The van der Waals surface area contributed by atoms with E-state index in [1.54, 1.807) is 5.20 Å². The van der Waals surface area contributed by atoms with Crippen molar-refractivity contribution in [3.05, 3.63) is 151 Å². The summed E-state index contributed by atoms with van der Waals surface area (Å²) in [6.45, 7) is 25.2. The fourth-order valence-electron chi connectivity index (χ4n) is 6.03. The van der Waals surface area contributed by atoms with Crippen LogP contribution in [-0.4, -0.2) is 15.5 Å². The van der Waals surface area contributed by atoms with Crippen LogP contribution in [-0.2, 0) is 39.5 Å². The third kappa shape index (κ3) is 11.4. The molecule has 49 heavy (non-hydrogen) atoms. The van der Waals surface area contributed by atoms with Gasteiger partial charge in [-0.15, -0.1) is 11.1 Å². The summed E-state index contributed by atoms with van der Waals surface area (Å²) in [5, 5.41) is 3.17. The Labute approximate surface area is 319 Å². The molecule has 1 unspecified atom stereocenters. The predicted molar refractivity (Wildman–Crippen MR) is 217 cm³/mol. The van der Waals surface area contributed by atoms with Gasteiger partial charge >= 0.3 is 123 Å². The summed E-state index contributed by atoms with van der Waals surface area (Å²) in [7, 11) is -1.07. The molecule has 0 heterocycles. The van der Waals surface area contributed by atoms with E-state index in [4.69, 9.17) is 23.2 Å². The molecule has 0 spiro atoms. The van der Waals surface area contributed by atoms with E-state index >= 15 is 0 Å². The molecule has 0 aromatic heterocycles. The minimum absolute atomic E-state index is 0.167. The Hall–Kier alpha value is -2.22. The molecule has 4 aromatic rings. The topological polar surface area (TPSA) is 0 Å². The van der Waals surface area contributed by atoms with Crippen LogP contribution in [0.4, 0.5) is 0 Å². The summed E-state index contributed by atoms with van der Waals surface area (Å²) < 4.78 is 4.66. The number of fused-ring (bicyclic) bond motifs is 3. The van der Waals surface area contributed by atoms with Crippen LogP contribution >= 0.6 is 23.2 Å². The molecule has 0 aliphatic heterocycles. The maximum absolute atomic E-state index is 5.84. The van der Waals surface area contributed by atoms with Crippen LogP contribution < -0.4 is 0 Å². The van der Waals surface area contributed by atoms with E-state index in [2.05, 4.69) is 155 Å². The van der Waals surface area contributed by atoms with Gasteiger partial charge in [0.1, 0.15) is 0 Å². The summed E-state index contributed by atoms with van der Waals surface area (Å²) in [5.74, 6) is 0.553. The SMILES string of the molecule is CC(C)(C)c1[c-]c2c(cc1)-c1ccc(C(C)(C)C)cc1C2.CC1=[C-]C(C)C=C1[Si](C)(C)C.Clc1ccc([CH]=[Zr]=[CH]c2ccc(Cl)cc2)cc1. The monoisotopic (exact) mass is 780 g/mol. The van der Waals surface area contributed by atoms with Gasteiger partial charge in [0.25, 0.3) is 0 Å². The van der Waals surface area contributed by atoms with Crippen molar-refractivity contribution in [2.45, 2.75) is 92.3 Å². The molecule has 0 fully saturated rings. The van der Waals surface area contributed by atoms with Crippen molar-refractivity contribution in [2.24, 2.45) is 5.92 Å². The molecule has 0 nitrogen and oxygen atoms in total. The molecule has 256 valence electrons. The third-order valence-corrected chi connectivity index (χ3v) is 13.9. The minimum atomic E-state index is -1.07. The van der Waals surface area contributed by atoms with Gasteiger partial charge in [0.2, 0.25) is 0 Å². The zero-order valence-corrected chi connectivity index (χ0v) is 36.2. The van der Waals surface area contributed by atoms with Crippen molar-refractivity contribution >= 4 is 38.7 Å². The van der Waals surface area contributed by atoms with Crippen LogP contribution in [0.5, 0.6) is 0 Å². The van der Waals surface area contributed by atoms with E-state index in [9.17, 15) is 0 Å². The van der Waals surface area contributed by atoms with E-state index in [0.29, 0.717) is 5.92 Å². The molecule has 0 bridgehead atoms. The molecule has 0 radical (unpaired) electrons. The molecular weight excluding hydrogens is 731 g/mol. The number of rotatable bonds is 3. The summed E-state index contributed by atoms with van der Waals surface area (Å²) in [6, 6.07) is 31.1. The summed E-state index contributed by atoms with van der Waals surface area (Å²) in [6.07, 6.45) is 6.83. The van der Waals surface area contributed by atoms with Gasteiger partial charge in [-0.05, 0) is 36.5 Å². The molecule has 4 aromatic carbocycles. The van der Waals surface area contributed by atoms with Gasteiger partial charge in [0.15, 0.2) is 0 Å². The molecule has 1 atom stereocenters. The van der Waals surface area contributed by atoms with Gasteiger partial charge in [-0.1, -0.05) is 105 Å². The first-order valence-corrected chi connectivity index (χ1v) is 24.4. The molecule has 2 aliphatic rings. The van der Waals surface area contributed by atoms with Crippen molar-refractivity contribution in [3.63, 3.8) is 0 Å². The van der Waals surface area contributed by atoms with E-state index in [1.165, 1.54) is 50.1 Å². The Bertz CT molecular complexity index is 1770. The van der Waals surface area contributed by atoms with Gasteiger partial charge in [-0.25, -0.2) is 10.8 Å². The Kier molecular flexibility index (Phi) is 13.3. The average Bonchev–Trinajstić information content (AvgIpc) is 3.56. The summed E-state index contributed by atoms with van der Waals surface area (Å²) in [4.78, 5) is 0. The molecular formula is C45H52Cl2SiZr-2. The molecule has 0 amide bonds. The molecule has 0 saturated carbocycles. The quantitative estimate of drug-likeness (QED) is 0.126. The molecule has 6 rings (SSSR count). The van der Waals surface area contributed by atoms with Crippen molar-refractivity contribution in [3.8, 4) is 11.1 Å². The number of halogens is 2. The zero-order valence-electron chi connectivity index (χ0n) is 31.3. The number of hydrogen-bond donors (Lipinski definition) is 0. The second-order valence-electron chi connectivity index (χ2n) is 16.3. The Morgan fingerprint density at radius 2 is 1.27 bits per heavy atom. The van der Waals surface area contributed by atoms with Gasteiger partial charge in [-0.3, -0.25) is 6.08 Å². The molecule has 0 saturated heterocycles. The Morgan fingerprint density at radius 1 is 0.735 bits per heavy atom. The maximum atomic E-state index is 5.84. The molecule has 2 aliphatic carbocycles. The van der Waals surface area contributed by atoms with E-state index in [0.717, 1.165) is 16.5 Å². The van der Waals surface area contributed by atoms with Crippen LogP contribution in [0, 0.1) is 18.1 Å². The van der Waals surface area contributed by atoms with Crippen LogP contribution in [0.25, 0.3) is 11.1 Å². The van der Waals surface area contributed by atoms with Gasteiger partial charge in [0.05, 0.1) is 0 Å². The van der Waals surface area contributed by atoms with E-state index in [1.807, 2.05) is 24.3 Å². The summed E-state index contributed by atoms with van der Waals surface area (Å²) in [5.41, 5.74) is 12.6. The Balaban J connectivity index is 0.000000174. The first-order valence-electron chi connectivity index (χ1n) is 17.3. The first-order chi connectivity index (χ1) is 22.8. The van der Waals surface area contributed by atoms with Crippen LogP contribution in [0.2, 0.25) is 29.7 Å². The van der Waals surface area contributed by atoms with Crippen molar-refractivity contribution in [2.75, 3.05) is 0 Å². The second kappa shape index (κ2) is 16.4. The van der Waals surface area contributed by atoms with Gasteiger partial charge in [-0.2, -0.15) is 29.8 Å². The first kappa shape index (κ1) is 39.6. The van der Waals surface area contributed by atoms with Crippen LogP contribution in [0.3, 0.4) is 0 Å². The van der Waals surface area contributed by atoms with Crippen LogP contribution in [0.1, 0.15) is 88.8 Å². The van der Waals surface area contributed by atoms with Gasteiger partial charge < -0.3 is 0 Å². The second-order valence-corrected chi connectivity index (χ2v) is 24.4. The standard InChI is InChI=1S/C21H25.C10H17Si.2C7H5Cl.Zr/c1-20(2,3)16-7-9-18-14(12-16)11-15-13-17(21(4,5)6)8-10-19(15)18;1-8-6-9(2)10(7-8)11(3,4)5;2*1-6-2-4-7(8)5-3-6;/h7-10,12H,11H2,1-6H3;7-8H,1-5H3;2*1-5H;/q2*-1;;;. The average molecular weight is 783 g/mol. The van der Waals surface area contributed by atoms with Crippen molar-refractivity contribution in [1.82, 2.24) is 0 Å². The van der Waals surface area contributed by atoms with E-state index in [-0.39, 0.29) is 10.8 Å². The number of allylic oxidation sites excluding steroid dienone is 4. The zero-order chi connectivity index (χ0) is 36.1.